The van der Waals surface area contributed by atoms with Gasteiger partial charge in [-0.05, 0) is 42.9 Å². The number of fused-ring (bicyclic) bond motifs is 1. The maximum Gasteiger partial charge on any atom is 0.289 e. The zero-order chi connectivity index (χ0) is 28.8. The van der Waals surface area contributed by atoms with Crippen molar-refractivity contribution >= 4 is 40.3 Å². The van der Waals surface area contributed by atoms with E-state index < -0.39 is 41.5 Å². The number of hydrogen-bond acceptors (Lipinski definition) is 5. The molecule has 2 fully saturated rings. The first-order chi connectivity index (χ1) is 19.9. The first-order valence-electron chi connectivity index (χ1n) is 14.2. The van der Waals surface area contributed by atoms with Gasteiger partial charge in [0.25, 0.3) is 11.8 Å². The second-order valence-corrected chi connectivity index (χ2v) is 10.9. The molecule has 5 rings (SSSR count). The van der Waals surface area contributed by atoms with Gasteiger partial charge in [-0.2, -0.15) is 0 Å². The largest absolute Gasteiger partial charge is 0.356 e. The minimum atomic E-state index is -1.21. The van der Waals surface area contributed by atoms with Crippen LogP contribution in [0.2, 0.25) is 0 Å². The maximum absolute atomic E-state index is 13.6. The van der Waals surface area contributed by atoms with Gasteiger partial charge >= 0.3 is 0 Å². The Morgan fingerprint density at radius 3 is 2.32 bits per heavy atom. The quantitative estimate of drug-likeness (QED) is 0.217. The number of aromatic nitrogens is 1. The van der Waals surface area contributed by atoms with E-state index >= 15 is 0 Å². The summed E-state index contributed by atoms with van der Waals surface area (Å²) in [5.74, 6) is -3.07. The number of ketones is 1. The van der Waals surface area contributed by atoms with Crippen molar-refractivity contribution in [3.05, 3.63) is 71.9 Å². The molecular formula is C31H35N5O5. The molecular weight excluding hydrogens is 522 g/mol. The first-order valence-corrected chi connectivity index (χ1v) is 14.2. The fourth-order valence-corrected chi connectivity index (χ4v) is 5.41. The van der Waals surface area contributed by atoms with Crippen molar-refractivity contribution in [2.45, 2.75) is 57.2 Å². The molecule has 1 saturated carbocycles. The van der Waals surface area contributed by atoms with E-state index in [1.165, 1.54) is 0 Å². The Kier molecular flexibility index (Phi) is 8.76. The van der Waals surface area contributed by atoms with Gasteiger partial charge in [0.1, 0.15) is 11.7 Å². The lowest BCUT2D eigenvalue weighted by Crippen LogP contribution is -2.55. The van der Waals surface area contributed by atoms with Crippen molar-refractivity contribution in [3.8, 4) is 0 Å². The summed E-state index contributed by atoms with van der Waals surface area (Å²) in [4.78, 5) is 68.3. The molecule has 0 spiro atoms. The van der Waals surface area contributed by atoms with Crippen LogP contribution >= 0.6 is 0 Å². The van der Waals surface area contributed by atoms with Gasteiger partial charge in [0, 0.05) is 29.9 Å². The summed E-state index contributed by atoms with van der Waals surface area (Å²) < 4.78 is 0. The molecule has 0 bridgehead atoms. The third-order valence-corrected chi connectivity index (χ3v) is 8.03. The van der Waals surface area contributed by atoms with Crippen molar-refractivity contribution in [2.75, 3.05) is 6.54 Å². The number of nitrogens with one attached hydrogen (secondary N) is 5. The Balaban J connectivity index is 1.30. The van der Waals surface area contributed by atoms with E-state index in [0.29, 0.717) is 25.1 Å². The Labute approximate surface area is 238 Å². The van der Waals surface area contributed by atoms with Gasteiger partial charge in [0.2, 0.25) is 17.6 Å². The van der Waals surface area contributed by atoms with E-state index in [4.69, 9.17) is 0 Å². The van der Waals surface area contributed by atoms with Crippen LogP contribution in [0, 0.1) is 11.8 Å². The summed E-state index contributed by atoms with van der Waals surface area (Å²) in [6, 6.07) is 16.3. The fraction of sp³-hybridized carbons (Fsp3) is 0.387. The number of carbonyl (C=O) groups is 5. The molecule has 1 aliphatic heterocycles. The molecule has 2 aromatic carbocycles. The SMILES string of the molecule is O=C(NCc1ccccc1)C(=O)C(C[C@@H]1CCNC1=O)NC(=O)[C@H](CC1CCC1)NC(=O)c1cc2ccccc2[nH]1. The number of H-pyrrole nitrogens is 1. The van der Waals surface area contributed by atoms with E-state index in [1.54, 1.807) is 6.07 Å². The minimum Gasteiger partial charge on any atom is -0.356 e. The molecule has 1 aliphatic carbocycles. The summed E-state index contributed by atoms with van der Waals surface area (Å²) in [5.41, 5.74) is 1.96. The Bertz CT molecular complexity index is 1400. The lowest BCUT2D eigenvalue weighted by Gasteiger charge is -2.30. The summed E-state index contributed by atoms with van der Waals surface area (Å²) in [6.07, 6.45) is 3.91. The number of Topliss-reactive ketones (excluding diaryl/α,β-unsaturated/α-hetero) is 1. The highest BCUT2D eigenvalue weighted by Crippen LogP contribution is 2.31. The van der Waals surface area contributed by atoms with E-state index in [1.807, 2.05) is 54.6 Å². The van der Waals surface area contributed by atoms with Crippen LogP contribution in [0.15, 0.2) is 60.7 Å². The van der Waals surface area contributed by atoms with E-state index in [9.17, 15) is 24.0 Å². The summed E-state index contributed by atoms with van der Waals surface area (Å²) in [7, 11) is 0. The summed E-state index contributed by atoms with van der Waals surface area (Å²) >= 11 is 0. The normalized spacial score (nSPS) is 18.1. The van der Waals surface area contributed by atoms with Gasteiger partial charge in [0.05, 0.1) is 6.04 Å². The minimum absolute atomic E-state index is 0.00127. The van der Waals surface area contributed by atoms with Crippen LogP contribution in [-0.2, 0) is 25.7 Å². The third-order valence-electron chi connectivity index (χ3n) is 8.03. The number of para-hydroxylation sites is 1. The van der Waals surface area contributed by atoms with Crippen LogP contribution < -0.4 is 21.3 Å². The third kappa shape index (κ3) is 7.00. The lowest BCUT2D eigenvalue weighted by atomic mass is 9.80. The molecule has 1 saturated heterocycles. The highest BCUT2D eigenvalue weighted by Gasteiger charge is 2.36. The standard InChI is InChI=1S/C31H35N5O5/c37-27(31(41)33-18-20-7-2-1-3-8-20)24(17-22-13-14-32-28(22)38)35-29(39)25(15-19-9-6-10-19)36-30(40)26-16-21-11-4-5-12-23(21)34-26/h1-5,7-8,11-12,16,19,22,24-25,34H,6,9-10,13-15,17-18H2,(H,32,38)(H,33,41)(H,35,39)(H,36,40)/t22-,24?,25-/m0/s1. The molecule has 3 atom stereocenters. The monoisotopic (exact) mass is 557 g/mol. The Hall–Kier alpha value is -4.47. The van der Waals surface area contributed by atoms with Gasteiger partial charge < -0.3 is 26.3 Å². The average Bonchev–Trinajstić information content (AvgIpc) is 3.58. The fourth-order valence-electron chi connectivity index (χ4n) is 5.41. The second kappa shape index (κ2) is 12.8. The molecule has 4 amide bonds. The zero-order valence-electron chi connectivity index (χ0n) is 22.8. The first kappa shape index (κ1) is 28.1. The molecule has 2 aliphatic rings. The van der Waals surface area contributed by atoms with E-state index in [2.05, 4.69) is 26.3 Å². The smallest absolute Gasteiger partial charge is 0.289 e. The number of hydrogen-bond donors (Lipinski definition) is 5. The predicted octanol–water partition coefficient (Wildman–Crippen LogP) is 2.35. The van der Waals surface area contributed by atoms with Gasteiger partial charge in [0.15, 0.2) is 0 Å². The number of benzene rings is 2. The zero-order valence-corrected chi connectivity index (χ0v) is 22.8. The number of carbonyl (C=O) groups excluding carboxylic acids is 5. The average molecular weight is 558 g/mol. The van der Waals surface area contributed by atoms with Gasteiger partial charge in [-0.15, -0.1) is 0 Å². The van der Waals surface area contributed by atoms with Crippen molar-refractivity contribution in [1.82, 2.24) is 26.3 Å². The Morgan fingerprint density at radius 2 is 1.63 bits per heavy atom. The van der Waals surface area contributed by atoms with Crippen LogP contribution in [0.4, 0.5) is 0 Å². The van der Waals surface area contributed by atoms with Crippen LogP contribution in [0.3, 0.4) is 0 Å². The number of aromatic amines is 1. The van der Waals surface area contributed by atoms with E-state index in [0.717, 1.165) is 35.7 Å². The van der Waals surface area contributed by atoms with Crippen LogP contribution in [0.25, 0.3) is 10.9 Å². The van der Waals surface area contributed by atoms with Gasteiger partial charge in [-0.25, -0.2) is 0 Å². The van der Waals surface area contributed by atoms with Crippen LogP contribution in [0.1, 0.15) is 54.6 Å². The second-order valence-electron chi connectivity index (χ2n) is 10.9. The topological polar surface area (TPSA) is 149 Å². The number of amides is 4. The van der Waals surface area contributed by atoms with Crippen molar-refractivity contribution in [3.63, 3.8) is 0 Å². The molecule has 3 aromatic rings. The van der Waals surface area contributed by atoms with E-state index in [-0.39, 0.29) is 24.8 Å². The number of rotatable bonds is 12. The van der Waals surface area contributed by atoms with Crippen LogP contribution in [-0.4, -0.2) is 53.0 Å². The van der Waals surface area contributed by atoms with Crippen LogP contribution in [0.5, 0.6) is 0 Å². The summed E-state index contributed by atoms with van der Waals surface area (Å²) in [6.45, 7) is 0.629. The van der Waals surface area contributed by atoms with Crippen molar-refractivity contribution in [2.24, 2.45) is 11.8 Å². The molecule has 5 N–H and O–H groups in total. The Morgan fingerprint density at radius 1 is 0.878 bits per heavy atom. The molecule has 2 heterocycles. The van der Waals surface area contributed by atoms with Crippen molar-refractivity contribution in [1.29, 1.82) is 0 Å². The lowest BCUT2D eigenvalue weighted by molar-refractivity contribution is -0.141. The predicted molar refractivity (Wildman–Crippen MR) is 152 cm³/mol. The molecule has 214 valence electrons. The molecule has 1 aromatic heterocycles. The van der Waals surface area contributed by atoms with Gasteiger partial charge in [-0.3, -0.25) is 24.0 Å². The molecule has 1 unspecified atom stereocenters. The molecule has 0 radical (unpaired) electrons. The van der Waals surface area contributed by atoms with Crippen molar-refractivity contribution < 1.29 is 24.0 Å². The molecule has 10 heteroatoms. The highest BCUT2D eigenvalue weighted by atomic mass is 16.2. The van der Waals surface area contributed by atoms with Gasteiger partial charge in [-0.1, -0.05) is 67.8 Å². The highest BCUT2D eigenvalue weighted by molar-refractivity contribution is 6.38. The molecule has 41 heavy (non-hydrogen) atoms. The molecule has 10 nitrogen and oxygen atoms in total. The maximum atomic E-state index is 13.6. The summed E-state index contributed by atoms with van der Waals surface area (Å²) in [5, 5.41) is 11.8.